The van der Waals surface area contributed by atoms with Crippen LogP contribution in [0.15, 0.2) is 261 Å². The minimum atomic E-state index is 0.602. The minimum absolute atomic E-state index is 0.602. The van der Waals surface area contributed by atoms with E-state index in [1.807, 2.05) is 24.3 Å². The Labute approximate surface area is 437 Å². The number of nitriles is 1. The summed E-state index contributed by atoms with van der Waals surface area (Å²) >= 11 is 0. The summed E-state index contributed by atoms with van der Waals surface area (Å²) in [7, 11) is 0. The Morgan fingerprint density at radius 2 is 0.632 bits per heavy atom. The maximum atomic E-state index is 11.8. The van der Waals surface area contributed by atoms with Gasteiger partial charge in [0.05, 0.1) is 49.7 Å². The molecule has 15 rings (SSSR count). The average molecular weight is 970 g/mol. The molecule has 0 spiro atoms. The van der Waals surface area contributed by atoms with Gasteiger partial charge < -0.3 is 0 Å². The van der Waals surface area contributed by atoms with Crippen LogP contribution in [0.4, 0.5) is 0 Å². The highest BCUT2D eigenvalue weighted by Gasteiger charge is 2.26. The number of imidazole rings is 4. The van der Waals surface area contributed by atoms with E-state index in [0.717, 1.165) is 134 Å². The first-order chi connectivity index (χ1) is 37.7. The largest absolute Gasteiger partial charge is 0.278 e. The zero-order valence-corrected chi connectivity index (χ0v) is 41.0. The third-order valence-corrected chi connectivity index (χ3v) is 15.0. The van der Waals surface area contributed by atoms with Crippen molar-refractivity contribution >= 4 is 55.7 Å². The molecule has 0 aliphatic heterocycles. The van der Waals surface area contributed by atoms with Crippen molar-refractivity contribution < 1.29 is 0 Å². The molecular formula is C69H43N7. The number of benzene rings is 11. The molecule has 0 saturated heterocycles. The summed E-state index contributed by atoms with van der Waals surface area (Å²) in [5.41, 5.74) is 22.6. The van der Waals surface area contributed by atoms with Crippen molar-refractivity contribution in [2.24, 2.45) is 0 Å². The monoisotopic (exact) mass is 969 g/mol. The first kappa shape index (κ1) is 43.1. The van der Waals surface area contributed by atoms with Crippen LogP contribution in [0.3, 0.4) is 0 Å². The molecule has 0 aliphatic carbocycles. The number of para-hydroxylation sites is 2. The predicted octanol–water partition coefficient (Wildman–Crippen LogP) is 17.0. The van der Waals surface area contributed by atoms with E-state index in [9.17, 15) is 5.26 Å². The SMILES string of the molecule is N#Cc1c(-c2ccccc2)c(-c2ccc3c(c2)n2c4cc(-c5ccccc5)ccc4nc2n3-c2ccccc2)cc(-c2ccc3c(c2)n2c4cc(-c5ccccc5)ccc4nc2n3-c2ccccc2)c1-c1ccccc1. The van der Waals surface area contributed by atoms with Gasteiger partial charge in [-0.3, -0.25) is 17.9 Å². The van der Waals surface area contributed by atoms with Gasteiger partial charge >= 0.3 is 0 Å². The lowest BCUT2D eigenvalue weighted by atomic mass is 9.81. The number of hydrogen-bond donors (Lipinski definition) is 0. The van der Waals surface area contributed by atoms with Crippen LogP contribution >= 0.6 is 0 Å². The minimum Gasteiger partial charge on any atom is -0.278 e. The summed E-state index contributed by atoms with van der Waals surface area (Å²) in [5.74, 6) is 1.65. The zero-order valence-electron chi connectivity index (χ0n) is 41.0. The van der Waals surface area contributed by atoms with Gasteiger partial charge in [-0.2, -0.15) is 5.26 Å². The van der Waals surface area contributed by atoms with Crippen molar-refractivity contribution in [3.63, 3.8) is 0 Å². The van der Waals surface area contributed by atoms with Gasteiger partial charge in [0.2, 0.25) is 11.6 Å². The maximum Gasteiger partial charge on any atom is 0.220 e. The fourth-order valence-electron chi connectivity index (χ4n) is 11.6. The van der Waals surface area contributed by atoms with Gasteiger partial charge in [-0.05, 0) is 134 Å². The summed E-state index contributed by atoms with van der Waals surface area (Å²) in [4.78, 5) is 10.7. The van der Waals surface area contributed by atoms with E-state index in [1.54, 1.807) is 0 Å². The number of nitrogens with zero attached hydrogens (tertiary/aromatic N) is 7. The Kier molecular flexibility index (Phi) is 9.81. The lowest BCUT2D eigenvalue weighted by molar-refractivity contribution is 1.11. The zero-order chi connectivity index (χ0) is 50.3. The summed E-state index contributed by atoms with van der Waals surface area (Å²) in [6.45, 7) is 0. The quantitative estimate of drug-likeness (QED) is 0.152. The number of rotatable bonds is 8. The van der Waals surface area contributed by atoms with E-state index < -0.39 is 0 Å². The Morgan fingerprint density at radius 1 is 0.289 bits per heavy atom. The molecule has 11 aromatic carbocycles. The van der Waals surface area contributed by atoms with Gasteiger partial charge in [-0.1, -0.05) is 182 Å². The van der Waals surface area contributed by atoms with Crippen molar-refractivity contribution in [3.8, 4) is 84.2 Å². The number of fused-ring (bicyclic) bond motifs is 10. The standard InChI is InChI=1S/C69H43N7/c70-44-57-66(47-23-11-3-12-24-47)55(51-33-37-60-64(41-51)75-62-39-49(45-19-7-1-8-20-45)31-35-58(62)71-68(75)73(60)53-27-15-5-16-28-53)43-56(67(57)48-25-13-4-14-26-48)52-34-38-61-65(42-52)76-63-40-50(46-21-9-2-10-22-46)32-36-59(63)72-69(76)74(61)54-29-17-6-18-30-54/h1-43H. The molecule has 7 heteroatoms. The highest BCUT2D eigenvalue weighted by Crippen LogP contribution is 2.47. The molecule has 7 nitrogen and oxygen atoms in total. The second kappa shape index (κ2) is 17.3. The maximum absolute atomic E-state index is 11.8. The van der Waals surface area contributed by atoms with Crippen LogP contribution in [0.1, 0.15) is 5.56 Å². The lowest BCUT2D eigenvalue weighted by Gasteiger charge is -2.21. The van der Waals surface area contributed by atoms with E-state index >= 15 is 0 Å². The molecule has 0 atom stereocenters. The topological polar surface area (TPSA) is 68.2 Å². The van der Waals surface area contributed by atoms with Crippen LogP contribution in [0.25, 0.3) is 134 Å². The summed E-state index contributed by atoms with van der Waals surface area (Å²) in [5, 5.41) is 11.8. The van der Waals surface area contributed by atoms with Crippen LogP contribution in [-0.2, 0) is 0 Å². The summed E-state index contributed by atoms with van der Waals surface area (Å²) in [6.07, 6.45) is 0. The molecule has 354 valence electrons. The third-order valence-electron chi connectivity index (χ3n) is 15.0. The Hall–Kier alpha value is -10.6. The number of aromatic nitrogens is 6. The molecular weight excluding hydrogens is 927 g/mol. The normalized spacial score (nSPS) is 11.7. The van der Waals surface area contributed by atoms with Crippen molar-refractivity contribution in [2.45, 2.75) is 0 Å². The van der Waals surface area contributed by atoms with Crippen LogP contribution in [0.5, 0.6) is 0 Å². The molecule has 0 fully saturated rings. The molecule has 0 unspecified atom stereocenters. The first-order valence-electron chi connectivity index (χ1n) is 25.5. The highest BCUT2D eigenvalue weighted by molar-refractivity contribution is 6.04. The molecule has 0 radical (unpaired) electrons. The second-order valence-corrected chi connectivity index (χ2v) is 19.3. The molecule has 15 aromatic rings. The van der Waals surface area contributed by atoms with Crippen molar-refractivity contribution in [3.05, 3.63) is 266 Å². The van der Waals surface area contributed by atoms with Crippen LogP contribution in [0.2, 0.25) is 0 Å². The van der Waals surface area contributed by atoms with E-state index in [2.05, 4.69) is 261 Å². The van der Waals surface area contributed by atoms with Crippen molar-refractivity contribution in [2.75, 3.05) is 0 Å². The van der Waals surface area contributed by atoms with Crippen LogP contribution in [0, 0.1) is 11.3 Å². The smallest absolute Gasteiger partial charge is 0.220 e. The van der Waals surface area contributed by atoms with Gasteiger partial charge in [-0.15, -0.1) is 0 Å². The molecule has 0 N–H and O–H groups in total. The highest BCUT2D eigenvalue weighted by atomic mass is 15.2. The fourth-order valence-corrected chi connectivity index (χ4v) is 11.6. The molecule has 4 heterocycles. The lowest BCUT2D eigenvalue weighted by Crippen LogP contribution is -1.99. The van der Waals surface area contributed by atoms with Gasteiger partial charge in [0.25, 0.3) is 0 Å². The van der Waals surface area contributed by atoms with E-state index in [4.69, 9.17) is 9.97 Å². The van der Waals surface area contributed by atoms with Crippen molar-refractivity contribution in [1.82, 2.24) is 27.9 Å². The molecule has 0 saturated carbocycles. The van der Waals surface area contributed by atoms with Gasteiger partial charge in [0.1, 0.15) is 6.07 Å². The summed E-state index contributed by atoms with van der Waals surface area (Å²) in [6, 6.07) is 94.4. The summed E-state index contributed by atoms with van der Waals surface area (Å²) < 4.78 is 9.11. The fraction of sp³-hybridized carbons (Fsp3) is 0. The third kappa shape index (κ3) is 6.75. The van der Waals surface area contributed by atoms with Crippen LogP contribution < -0.4 is 0 Å². The van der Waals surface area contributed by atoms with E-state index in [-0.39, 0.29) is 0 Å². The van der Waals surface area contributed by atoms with Crippen LogP contribution in [-0.4, -0.2) is 27.9 Å². The van der Waals surface area contributed by atoms with E-state index in [1.165, 1.54) is 0 Å². The molecule has 4 aromatic heterocycles. The first-order valence-corrected chi connectivity index (χ1v) is 25.5. The average Bonchev–Trinajstić information content (AvgIpc) is 4.32. The second-order valence-electron chi connectivity index (χ2n) is 19.3. The van der Waals surface area contributed by atoms with Gasteiger partial charge in [-0.25, -0.2) is 9.97 Å². The predicted molar refractivity (Wildman–Crippen MR) is 310 cm³/mol. The Balaban J connectivity index is 1.03. The number of hydrogen-bond acceptors (Lipinski definition) is 3. The molecule has 0 aliphatic rings. The molecule has 76 heavy (non-hydrogen) atoms. The van der Waals surface area contributed by atoms with E-state index in [0.29, 0.717) is 5.56 Å². The molecule has 0 bridgehead atoms. The van der Waals surface area contributed by atoms with Gasteiger partial charge in [0, 0.05) is 22.5 Å². The van der Waals surface area contributed by atoms with Crippen molar-refractivity contribution in [1.29, 1.82) is 5.26 Å². The Bertz CT molecular complexity index is 4480. The molecule has 0 amide bonds. The van der Waals surface area contributed by atoms with Gasteiger partial charge in [0.15, 0.2) is 0 Å². The Morgan fingerprint density at radius 3 is 1.01 bits per heavy atom.